The maximum atomic E-state index is 14.1. The van der Waals surface area contributed by atoms with Crippen molar-refractivity contribution in [3.05, 3.63) is 71.1 Å². The number of hydrogen-bond acceptors (Lipinski definition) is 6. The minimum absolute atomic E-state index is 0.116. The SMILES string of the molecule is CC(=O)c1cn(CC(=O)N2[C@H](C(=O)Nc3nc(C(F)(F)F)ccc3C)C[C@@]3(C)CC[C@@H]23)c2c(C)cc(-c3cnc(C)nc3)cc12. The summed E-state index contributed by atoms with van der Waals surface area (Å²) in [5.41, 5.74) is 2.66. The van der Waals surface area contributed by atoms with Crippen molar-refractivity contribution in [2.45, 2.75) is 78.7 Å². The first-order chi connectivity index (χ1) is 21.2. The minimum Gasteiger partial charge on any atom is -0.337 e. The van der Waals surface area contributed by atoms with Crippen LogP contribution in [-0.4, -0.2) is 54.1 Å². The lowest BCUT2D eigenvalue weighted by Crippen LogP contribution is -2.52. The number of Topliss-reactive ketones (excluding diaryl/α,β-unsaturated/α-hetero) is 1. The van der Waals surface area contributed by atoms with Crippen LogP contribution in [0, 0.1) is 26.2 Å². The van der Waals surface area contributed by atoms with Gasteiger partial charge in [0.1, 0.15) is 29.9 Å². The molecule has 1 aliphatic carbocycles. The molecule has 1 aliphatic heterocycles. The van der Waals surface area contributed by atoms with Crippen LogP contribution in [0.5, 0.6) is 0 Å². The predicted octanol–water partition coefficient (Wildman–Crippen LogP) is 6.05. The molecule has 45 heavy (non-hydrogen) atoms. The number of benzene rings is 1. The van der Waals surface area contributed by atoms with Gasteiger partial charge in [0.15, 0.2) is 5.78 Å². The molecule has 0 radical (unpaired) electrons. The maximum Gasteiger partial charge on any atom is 0.433 e. The van der Waals surface area contributed by atoms with Gasteiger partial charge in [-0.25, -0.2) is 15.0 Å². The number of amides is 2. The summed E-state index contributed by atoms with van der Waals surface area (Å²) in [6.45, 7) is 8.66. The van der Waals surface area contributed by atoms with Gasteiger partial charge in [-0.05, 0) is 87.3 Å². The topological polar surface area (TPSA) is 110 Å². The molecule has 1 N–H and O–H groups in total. The minimum atomic E-state index is -4.67. The second kappa shape index (κ2) is 10.8. The van der Waals surface area contributed by atoms with Gasteiger partial charge in [-0.15, -0.1) is 0 Å². The summed E-state index contributed by atoms with van der Waals surface area (Å²) in [7, 11) is 0. The molecule has 3 aromatic heterocycles. The van der Waals surface area contributed by atoms with Gasteiger partial charge in [0.05, 0.1) is 5.52 Å². The monoisotopic (exact) mass is 618 g/mol. The zero-order valence-electron chi connectivity index (χ0n) is 25.6. The summed E-state index contributed by atoms with van der Waals surface area (Å²) in [5, 5.41) is 3.27. The van der Waals surface area contributed by atoms with Crippen LogP contribution in [0.3, 0.4) is 0 Å². The number of rotatable bonds is 6. The quantitative estimate of drug-likeness (QED) is 0.264. The number of fused-ring (bicyclic) bond motifs is 2. The fraction of sp³-hybridized carbons (Fsp3) is 0.394. The molecule has 2 aliphatic rings. The molecule has 6 rings (SSSR count). The summed E-state index contributed by atoms with van der Waals surface area (Å²) >= 11 is 0. The number of carbonyl (C=O) groups excluding carboxylic acids is 3. The highest BCUT2D eigenvalue weighted by Gasteiger charge is 2.58. The van der Waals surface area contributed by atoms with E-state index in [0.717, 1.165) is 41.1 Å². The molecular weight excluding hydrogens is 585 g/mol. The van der Waals surface area contributed by atoms with Gasteiger partial charge in [0.25, 0.3) is 0 Å². The van der Waals surface area contributed by atoms with E-state index in [4.69, 9.17) is 0 Å². The number of likely N-dealkylation sites (tertiary alicyclic amines) is 1. The highest BCUT2D eigenvalue weighted by molar-refractivity contribution is 6.09. The molecule has 2 amide bonds. The number of carbonyl (C=O) groups is 3. The van der Waals surface area contributed by atoms with Gasteiger partial charge < -0.3 is 14.8 Å². The lowest BCUT2D eigenvalue weighted by atomic mass is 9.66. The van der Waals surface area contributed by atoms with Crippen molar-refractivity contribution < 1.29 is 27.6 Å². The fourth-order valence-electron chi connectivity index (χ4n) is 6.81. The normalized spacial score (nSPS) is 21.0. The van der Waals surface area contributed by atoms with Gasteiger partial charge in [0.2, 0.25) is 11.8 Å². The molecular formula is C33H33F3N6O3. The molecule has 0 unspecified atom stereocenters. The first kappa shape index (κ1) is 30.4. The number of ketones is 1. The molecule has 1 saturated heterocycles. The van der Waals surface area contributed by atoms with Crippen LogP contribution in [-0.2, 0) is 22.3 Å². The Kier molecular flexibility index (Phi) is 7.29. The standard InChI is InChI=1S/C33H33F3N6O3/c1-17-6-7-26(33(34,35)36)39-30(17)40-31(45)25-12-32(5)9-8-27(32)42(25)28(44)16-41-15-24(19(3)43)23-11-21(10-18(2)29(23)41)22-13-37-20(4)38-14-22/h6-7,10-11,13-15,25,27H,8-9,12,16H2,1-5H3,(H,39,40,45)/t25-,27+,32+/m0/s1. The zero-order valence-corrected chi connectivity index (χ0v) is 25.6. The second-order valence-corrected chi connectivity index (χ2v) is 12.5. The van der Waals surface area contributed by atoms with E-state index >= 15 is 0 Å². The smallest absolute Gasteiger partial charge is 0.337 e. The molecule has 1 saturated carbocycles. The summed E-state index contributed by atoms with van der Waals surface area (Å²) in [6.07, 6.45) is 2.40. The van der Waals surface area contributed by atoms with Crippen molar-refractivity contribution in [1.29, 1.82) is 0 Å². The third-order valence-electron chi connectivity index (χ3n) is 9.31. The number of anilines is 1. The van der Waals surface area contributed by atoms with Gasteiger partial charge >= 0.3 is 6.18 Å². The van der Waals surface area contributed by atoms with Crippen molar-refractivity contribution in [3.63, 3.8) is 0 Å². The highest BCUT2D eigenvalue weighted by atomic mass is 19.4. The third-order valence-corrected chi connectivity index (χ3v) is 9.31. The number of nitrogens with one attached hydrogen (secondary N) is 1. The Labute approximate surface area is 257 Å². The van der Waals surface area contributed by atoms with E-state index in [1.165, 1.54) is 13.0 Å². The lowest BCUT2D eigenvalue weighted by Gasteiger charge is -2.44. The van der Waals surface area contributed by atoms with Gasteiger partial charge in [-0.2, -0.15) is 13.2 Å². The largest absolute Gasteiger partial charge is 0.433 e. The summed E-state index contributed by atoms with van der Waals surface area (Å²) in [4.78, 5) is 54.2. The van der Waals surface area contributed by atoms with Gasteiger partial charge in [-0.3, -0.25) is 14.4 Å². The number of aromatic nitrogens is 4. The number of aryl methyl sites for hydroxylation is 3. The molecule has 4 heterocycles. The molecule has 2 fully saturated rings. The van der Waals surface area contributed by atoms with Gasteiger partial charge in [0, 0.05) is 41.1 Å². The third kappa shape index (κ3) is 5.36. The lowest BCUT2D eigenvalue weighted by molar-refractivity contribution is -0.141. The van der Waals surface area contributed by atoms with Crippen LogP contribution >= 0.6 is 0 Å². The first-order valence-corrected chi connectivity index (χ1v) is 14.8. The Bertz CT molecular complexity index is 1870. The van der Waals surface area contributed by atoms with E-state index < -0.39 is 23.8 Å². The molecule has 9 nitrogen and oxygen atoms in total. The van der Waals surface area contributed by atoms with Crippen LogP contribution in [0.25, 0.3) is 22.0 Å². The van der Waals surface area contributed by atoms with Crippen molar-refractivity contribution in [1.82, 2.24) is 24.4 Å². The Morgan fingerprint density at radius 1 is 1.04 bits per heavy atom. The number of halogens is 3. The molecule has 0 bridgehead atoms. The van der Waals surface area contributed by atoms with E-state index in [-0.39, 0.29) is 35.5 Å². The van der Waals surface area contributed by atoms with Crippen LogP contribution in [0.1, 0.15) is 66.1 Å². The van der Waals surface area contributed by atoms with Crippen molar-refractivity contribution in [3.8, 4) is 11.1 Å². The van der Waals surface area contributed by atoms with E-state index in [1.54, 1.807) is 41.9 Å². The molecule has 234 valence electrons. The Morgan fingerprint density at radius 2 is 1.76 bits per heavy atom. The van der Waals surface area contributed by atoms with Crippen molar-refractivity contribution in [2.24, 2.45) is 5.41 Å². The Balaban J connectivity index is 1.32. The van der Waals surface area contributed by atoms with E-state index in [1.807, 2.05) is 26.0 Å². The van der Waals surface area contributed by atoms with Crippen LogP contribution < -0.4 is 5.32 Å². The summed E-state index contributed by atoms with van der Waals surface area (Å²) < 4.78 is 41.7. The average molecular weight is 619 g/mol. The van der Waals surface area contributed by atoms with Crippen LogP contribution in [0.2, 0.25) is 0 Å². The highest BCUT2D eigenvalue weighted by Crippen LogP contribution is 2.54. The van der Waals surface area contributed by atoms with Crippen molar-refractivity contribution in [2.75, 3.05) is 5.32 Å². The van der Waals surface area contributed by atoms with Crippen LogP contribution in [0.15, 0.2) is 42.9 Å². The molecule has 0 spiro atoms. The number of alkyl halides is 3. The zero-order chi connectivity index (χ0) is 32.4. The molecule has 4 aromatic rings. The van der Waals surface area contributed by atoms with E-state index in [9.17, 15) is 27.6 Å². The average Bonchev–Trinajstić information content (AvgIpc) is 3.42. The molecule has 1 aromatic carbocycles. The second-order valence-electron chi connectivity index (χ2n) is 12.5. The molecule has 12 heteroatoms. The Hall–Kier alpha value is -4.61. The summed E-state index contributed by atoms with van der Waals surface area (Å²) in [6, 6.07) is 4.92. The Morgan fingerprint density at radius 3 is 2.38 bits per heavy atom. The van der Waals surface area contributed by atoms with E-state index in [0.29, 0.717) is 28.8 Å². The maximum absolute atomic E-state index is 14.1. The number of nitrogens with zero attached hydrogens (tertiary/aromatic N) is 5. The molecule has 3 atom stereocenters. The summed E-state index contributed by atoms with van der Waals surface area (Å²) in [5.74, 6) is -0.573. The van der Waals surface area contributed by atoms with Crippen LogP contribution in [0.4, 0.5) is 19.0 Å². The van der Waals surface area contributed by atoms with Crippen molar-refractivity contribution >= 4 is 34.3 Å². The first-order valence-electron chi connectivity index (χ1n) is 14.8. The van der Waals surface area contributed by atoms with E-state index in [2.05, 4.69) is 20.3 Å². The number of hydrogen-bond donors (Lipinski definition) is 1. The predicted molar refractivity (Wildman–Crippen MR) is 161 cm³/mol. The fourth-order valence-corrected chi connectivity index (χ4v) is 6.81. The van der Waals surface area contributed by atoms with Gasteiger partial charge in [-0.1, -0.05) is 13.0 Å². The number of pyridine rings is 1.